The summed E-state index contributed by atoms with van der Waals surface area (Å²) in [6.45, 7) is 4.19. The molecule has 0 aromatic rings. The van der Waals surface area contributed by atoms with Crippen LogP contribution in [0.2, 0.25) is 0 Å². The van der Waals surface area contributed by atoms with Crippen molar-refractivity contribution in [3.63, 3.8) is 0 Å². The average molecular weight is 274 g/mol. The van der Waals surface area contributed by atoms with Gasteiger partial charge in [0.1, 0.15) is 0 Å². The van der Waals surface area contributed by atoms with Gasteiger partial charge in [-0.3, -0.25) is 9.41 Å². The maximum absolute atomic E-state index is 13.0. The van der Waals surface area contributed by atoms with Crippen molar-refractivity contribution < 1.29 is 27.7 Å². The van der Waals surface area contributed by atoms with Crippen LogP contribution in [0.4, 0.5) is 18.2 Å². The minimum atomic E-state index is -1.61. The van der Waals surface area contributed by atoms with Gasteiger partial charge in [0, 0.05) is 26.2 Å². The molecule has 2 rings (SSSR count). The first kappa shape index (κ1) is 17.0. The zero-order valence-corrected chi connectivity index (χ0v) is 9.94. The zero-order valence-electron chi connectivity index (χ0n) is 9.94. The highest BCUT2D eigenvalue weighted by molar-refractivity contribution is 5.02. The van der Waals surface area contributed by atoms with Crippen molar-refractivity contribution in [1.29, 1.82) is 0 Å². The lowest BCUT2D eigenvalue weighted by molar-refractivity contribution is 0.00305. The Morgan fingerprint density at radius 1 is 0.722 bits per heavy atom. The number of hydrogen-bond acceptors (Lipinski definition) is 4. The van der Waals surface area contributed by atoms with E-state index in [2.05, 4.69) is 0 Å². The van der Waals surface area contributed by atoms with Crippen LogP contribution in [-0.4, -0.2) is 62.4 Å². The fourth-order valence-corrected chi connectivity index (χ4v) is 1.99. The lowest BCUT2D eigenvalue weighted by Gasteiger charge is -2.38. The molecular formula is C10H18F4N2O2. The Hall–Kier alpha value is -1.02. The van der Waals surface area contributed by atoms with Crippen molar-refractivity contribution in [1.82, 2.24) is 9.80 Å². The summed E-state index contributed by atoms with van der Waals surface area (Å²) in [7, 11) is 0. The van der Waals surface area contributed by atoms with Crippen molar-refractivity contribution in [2.45, 2.75) is 0 Å². The van der Waals surface area contributed by atoms with E-state index in [0.29, 0.717) is 52.6 Å². The van der Waals surface area contributed by atoms with Gasteiger partial charge in [-0.15, -0.1) is 0 Å². The highest BCUT2D eigenvalue weighted by Crippen LogP contribution is 2.20. The van der Waals surface area contributed by atoms with Crippen LogP contribution in [0.25, 0.3) is 0 Å². The summed E-state index contributed by atoms with van der Waals surface area (Å²) < 4.78 is 36.3. The first-order chi connectivity index (χ1) is 7.79. The molecule has 0 aromatic heterocycles. The van der Waals surface area contributed by atoms with Crippen LogP contribution in [-0.2, 0) is 9.47 Å². The highest BCUT2D eigenvalue weighted by Gasteiger charge is 2.25. The second-order valence-corrected chi connectivity index (χ2v) is 3.78. The van der Waals surface area contributed by atoms with Crippen LogP contribution in [0.1, 0.15) is 0 Å². The number of halogens is 4. The summed E-state index contributed by atoms with van der Waals surface area (Å²) in [6, 6.07) is 0. The van der Waals surface area contributed by atoms with E-state index in [4.69, 9.17) is 9.47 Å². The number of morpholine rings is 2. The minimum Gasteiger partial charge on any atom is -0.378 e. The standard InChI is InChI=1S/C10H16F2N2O2.2FH/c11-9(12)10(13-1-5-15-6-2-13)14-3-7-16-8-4-14;;/h1-8H2;2*1H. The summed E-state index contributed by atoms with van der Waals surface area (Å²) in [4.78, 5) is 3.40. The van der Waals surface area contributed by atoms with Gasteiger partial charge < -0.3 is 19.3 Å². The zero-order chi connectivity index (χ0) is 11.4. The molecule has 2 heterocycles. The molecule has 0 spiro atoms. The summed E-state index contributed by atoms with van der Waals surface area (Å²) in [5.41, 5.74) is 0. The first-order valence-electron chi connectivity index (χ1n) is 5.49. The Labute approximate surface area is 103 Å². The van der Waals surface area contributed by atoms with E-state index in [-0.39, 0.29) is 15.2 Å². The smallest absolute Gasteiger partial charge is 0.310 e. The molecule has 0 aliphatic carbocycles. The van der Waals surface area contributed by atoms with Gasteiger partial charge in [-0.1, -0.05) is 0 Å². The lowest BCUT2D eigenvalue weighted by atomic mass is 10.3. The van der Waals surface area contributed by atoms with E-state index in [9.17, 15) is 8.78 Å². The van der Waals surface area contributed by atoms with Gasteiger partial charge >= 0.3 is 6.08 Å². The number of hydrogen-bond donors (Lipinski definition) is 0. The molecule has 2 aliphatic rings. The Bertz CT molecular complexity index is 243. The van der Waals surface area contributed by atoms with Crippen LogP contribution >= 0.6 is 0 Å². The number of rotatable bonds is 2. The first-order valence-corrected chi connectivity index (χ1v) is 5.49. The maximum atomic E-state index is 13.0. The fourth-order valence-electron chi connectivity index (χ4n) is 1.99. The molecule has 0 N–H and O–H groups in total. The van der Waals surface area contributed by atoms with E-state index in [1.165, 1.54) is 0 Å². The van der Waals surface area contributed by atoms with E-state index in [0.717, 1.165) is 0 Å². The lowest BCUT2D eigenvalue weighted by Crippen LogP contribution is -2.46. The van der Waals surface area contributed by atoms with E-state index < -0.39 is 6.08 Å². The molecule has 8 heteroatoms. The third kappa shape index (κ3) is 4.02. The Kier molecular flexibility index (Phi) is 7.69. The van der Waals surface area contributed by atoms with Crippen molar-refractivity contribution >= 4 is 0 Å². The molecule has 2 saturated heterocycles. The van der Waals surface area contributed by atoms with Crippen molar-refractivity contribution in [3.05, 3.63) is 11.9 Å². The molecule has 0 saturated carbocycles. The second kappa shape index (κ2) is 8.15. The molecular weight excluding hydrogens is 256 g/mol. The largest absolute Gasteiger partial charge is 0.378 e. The summed E-state index contributed by atoms with van der Waals surface area (Å²) in [6.07, 6.45) is -1.61. The fraction of sp³-hybridized carbons (Fsp3) is 0.800. The van der Waals surface area contributed by atoms with Crippen molar-refractivity contribution in [2.24, 2.45) is 0 Å². The van der Waals surface area contributed by atoms with Gasteiger partial charge in [-0.25, -0.2) is 0 Å². The van der Waals surface area contributed by atoms with Crippen LogP contribution in [0.15, 0.2) is 11.9 Å². The molecule has 2 aliphatic heterocycles. The molecule has 4 nitrogen and oxygen atoms in total. The van der Waals surface area contributed by atoms with Gasteiger partial charge in [-0.2, -0.15) is 8.78 Å². The average Bonchev–Trinajstić information content (AvgIpc) is 2.31. The molecule has 0 bridgehead atoms. The molecule has 2 fully saturated rings. The van der Waals surface area contributed by atoms with Crippen LogP contribution in [0.5, 0.6) is 0 Å². The molecule has 0 atom stereocenters. The molecule has 0 radical (unpaired) electrons. The third-order valence-electron chi connectivity index (χ3n) is 2.79. The van der Waals surface area contributed by atoms with E-state index in [1.807, 2.05) is 0 Å². The normalized spacial score (nSPS) is 19.7. The SMILES string of the molecule is F.F.FC(F)=C(N1CCOCC1)N1CCOCC1. The highest BCUT2D eigenvalue weighted by atomic mass is 19.3. The third-order valence-corrected chi connectivity index (χ3v) is 2.79. The van der Waals surface area contributed by atoms with Crippen molar-refractivity contribution in [2.75, 3.05) is 52.6 Å². The van der Waals surface area contributed by atoms with Gasteiger partial charge in [0.2, 0.25) is 0 Å². The van der Waals surface area contributed by atoms with Crippen LogP contribution < -0.4 is 0 Å². The Balaban J connectivity index is 0.00000144. The minimum absolute atomic E-state index is 0. The second-order valence-electron chi connectivity index (χ2n) is 3.78. The predicted octanol–water partition coefficient (Wildman–Crippen LogP) is 1.02. The summed E-state index contributed by atoms with van der Waals surface area (Å²) >= 11 is 0. The van der Waals surface area contributed by atoms with Crippen LogP contribution in [0.3, 0.4) is 0 Å². The van der Waals surface area contributed by atoms with Gasteiger partial charge in [0.25, 0.3) is 0 Å². The quantitative estimate of drug-likeness (QED) is 0.702. The van der Waals surface area contributed by atoms with Gasteiger partial charge in [-0.05, 0) is 0 Å². The summed E-state index contributed by atoms with van der Waals surface area (Å²) in [5, 5.41) is 0. The monoisotopic (exact) mass is 274 g/mol. The van der Waals surface area contributed by atoms with Gasteiger partial charge in [0.05, 0.1) is 26.4 Å². The van der Waals surface area contributed by atoms with Gasteiger partial charge in [0.15, 0.2) is 5.82 Å². The molecule has 0 amide bonds. The Morgan fingerprint density at radius 3 is 1.33 bits per heavy atom. The topological polar surface area (TPSA) is 24.9 Å². The predicted molar refractivity (Wildman–Crippen MR) is 59.0 cm³/mol. The Morgan fingerprint density at radius 2 is 1.06 bits per heavy atom. The molecule has 0 unspecified atom stereocenters. The van der Waals surface area contributed by atoms with E-state index in [1.54, 1.807) is 9.80 Å². The van der Waals surface area contributed by atoms with Crippen LogP contribution in [0, 0.1) is 0 Å². The van der Waals surface area contributed by atoms with E-state index >= 15 is 0 Å². The van der Waals surface area contributed by atoms with Crippen molar-refractivity contribution in [3.8, 4) is 0 Å². The molecule has 108 valence electrons. The molecule has 18 heavy (non-hydrogen) atoms. The maximum Gasteiger partial charge on any atom is 0.310 e. The number of nitrogens with zero attached hydrogens (tertiary/aromatic N) is 2. The molecule has 0 aromatic carbocycles. The number of ether oxygens (including phenoxy) is 2. The summed E-state index contributed by atoms with van der Waals surface area (Å²) in [5.74, 6) is 0.0617.